The smallest absolute Gasteiger partial charge is 0.250 e. The summed E-state index contributed by atoms with van der Waals surface area (Å²) in [4.78, 5) is 16.4. The number of aromatic nitrogens is 2. The second kappa shape index (κ2) is 7.51. The number of fused-ring (bicyclic) bond motifs is 1. The highest BCUT2D eigenvalue weighted by atomic mass is 35.5. The molecule has 24 heavy (non-hydrogen) atoms. The highest BCUT2D eigenvalue weighted by Gasteiger charge is 2.09. The quantitative estimate of drug-likeness (QED) is 0.431. The van der Waals surface area contributed by atoms with Gasteiger partial charge in [-0.05, 0) is 29.8 Å². The lowest BCUT2D eigenvalue weighted by molar-refractivity contribution is -0.118. The fourth-order valence-electron chi connectivity index (χ4n) is 2.14. The number of carbonyl (C=O) groups excluding carboxylic acids is 1. The van der Waals surface area contributed by atoms with Crippen molar-refractivity contribution < 1.29 is 4.79 Å². The van der Waals surface area contributed by atoms with Crippen molar-refractivity contribution in [2.24, 2.45) is 12.1 Å². The van der Waals surface area contributed by atoms with Gasteiger partial charge in [0.2, 0.25) is 0 Å². The van der Waals surface area contributed by atoms with Gasteiger partial charge < -0.3 is 4.57 Å². The van der Waals surface area contributed by atoms with Gasteiger partial charge in [-0.2, -0.15) is 5.10 Å². The standard InChI is InChI=1S/C17H15ClN4OS/c1-22-15-5-3-2-4-14(15)20-17(22)24-11-16(23)21-19-10-12-6-8-13(18)9-7-12/h2-10H,11H2,1H3,(H,21,23)/b19-10-. The molecule has 0 aliphatic heterocycles. The largest absolute Gasteiger partial charge is 0.322 e. The Hall–Kier alpha value is -2.31. The lowest BCUT2D eigenvalue weighted by Crippen LogP contribution is -2.19. The minimum Gasteiger partial charge on any atom is -0.322 e. The van der Waals surface area contributed by atoms with E-state index in [-0.39, 0.29) is 11.7 Å². The van der Waals surface area contributed by atoms with Crippen LogP contribution in [-0.2, 0) is 11.8 Å². The van der Waals surface area contributed by atoms with Gasteiger partial charge in [0.15, 0.2) is 5.16 Å². The number of aryl methyl sites for hydroxylation is 1. The molecule has 7 heteroatoms. The predicted molar refractivity (Wildman–Crippen MR) is 98.6 cm³/mol. The highest BCUT2D eigenvalue weighted by Crippen LogP contribution is 2.22. The number of hydrogen-bond acceptors (Lipinski definition) is 4. The van der Waals surface area contributed by atoms with Crippen LogP contribution < -0.4 is 5.43 Å². The van der Waals surface area contributed by atoms with Crippen LogP contribution in [0.2, 0.25) is 5.02 Å². The van der Waals surface area contributed by atoms with Crippen LogP contribution in [-0.4, -0.2) is 27.4 Å². The van der Waals surface area contributed by atoms with Gasteiger partial charge in [0.25, 0.3) is 5.91 Å². The molecule has 0 bridgehead atoms. The molecule has 0 saturated heterocycles. The summed E-state index contributed by atoms with van der Waals surface area (Å²) in [6.07, 6.45) is 1.58. The molecule has 1 amide bonds. The molecule has 1 N–H and O–H groups in total. The van der Waals surface area contributed by atoms with Crippen LogP contribution in [0.3, 0.4) is 0 Å². The summed E-state index contributed by atoms with van der Waals surface area (Å²) in [5.74, 6) is 0.0621. The maximum absolute atomic E-state index is 11.9. The van der Waals surface area contributed by atoms with Gasteiger partial charge in [-0.1, -0.05) is 47.6 Å². The maximum Gasteiger partial charge on any atom is 0.250 e. The number of imidazole rings is 1. The van der Waals surface area contributed by atoms with Crippen LogP contribution in [0.1, 0.15) is 5.56 Å². The number of nitrogens with one attached hydrogen (secondary N) is 1. The molecule has 2 aromatic carbocycles. The number of benzene rings is 2. The molecule has 0 radical (unpaired) electrons. The van der Waals surface area contributed by atoms with E-state index in [2.05, 4.69) is 15.5 Å². The summed E-state index contributed by atoms with van der Waals surface area (Å²) >= 11 is 7.19. The monoisotopic (exact) mass is 358 g/mol. The Kier molecular flexibility index (Phi) is 5.17. The summed E-state index contributed by atoms with van der Waals surface area (Å²) in [6, 6.07) is 15.1. The number of carbonyl (C=O) groups is 1. The van der Waals surface area contributed by atoms with E-state index in [0.29, 0.717) is 5.02 Å². The molecule has 5 nitrogen and oxygen atoms in total. The van der Waals surface area contributed by atoms with Crippen molar-refractivity contribution >= 4 is 46.5 Å². The van der Waals surface area contributed by atoms with E-state index in [1.54, 1.807) is 18.3 Å². The van der Waals surface area contributed by atoms with Crippen LogP contribution in [0.5, 0.6) is 0 Å². The van der Waals surface area contributed by atoms with Crippen molar-refractivity contribution in [3.05, 3.63) is 59.1 Å². The summed E-state index contributed by atoms with van der Waals surface area (Å²) in [5.41, 5.74) is 5.34. The summed E-state index contributed by atoms with van der Waals surface area (Å²) in [5, 5.41) is 5.40. The van der Waals surface area contributed by atoms with Crippen molar-refractivity contribution in [2.45, 2.75) is 5.16 Å². The normalized spacial score (nSPS) is 11.2. The molecule has 3 rings (SSSR count). The Labute approximate surface area is 148 Å². The molecule has 0 aliphatic rings. The molecular formula is C17H15ClN4OS. The first kappa shape index (κ1) is 16.5. The van der Waals surface area contributed by atoms with E-state index >= 15 is 0 Å². The third-order valence-electron chi connectivity index (χ3n) is 3.35. The van der Waals surface area contributed by atoms with E-state index < -0.39 is 0 Å². The van der Waals surface area contributed by atoms with Crippen LogP contribution in [0.4, 0.5) is 0 Å². The van der Waals surface area contributed by atoms with Crippen molar-refractivity contribution in [3.63, 3.8) is 0 Å². The summed E-state index contributed by atoms with van der Waals surface area (Å²) < 4.78 is 1.98. The minimum absolute atomic E-state index is 0.183. The fourth-order valence-corrected chi connectivity index (χ4v) is 3.05. The number of rotatable bonds is 5. The van der Waals surface area contributed by atoms with E-state index in [4.69, 9.17) is 11.6 Å². The Balaban J connectivity index is 1.55. The Bertz CT molecular complexity index is 889. The van der Waals surface area contributed by atoms with Gasteiger partial charge in [0.05, 0.1) is 23.0 Å². The van der Waals surface area contributed by atoms with Crippen LogP contribution >= 0.6 is 23.4 Å². The van der Waals surface area contributed by atoms with Gasteiger partial charge >= 0.3 is 0 Å². The number of halogens is 1. The van der Waals surface area contributed by atoms with Crippen molar-refractivity contribution in [1.82, 2.24) is 15.0 Å². The van der Waals surface area contributed by atoms with Crippen molar-refractivity contribution in [2.75, 3.05) is 5.75 Å². The fraction of sp³-hybridized carbons (Fsp3) is 0.118. The van der Waals surface area contributed by atoms with Crippen LogP contribution in [0.15, 0.2) is 58.8 Å². The average Bonchev–Trinajstić information content (AvgIpc) is 2.91. The topological polar surface area (TPSA) is 59.3 Å². The molecule has 122 valence electrons. The van der Waals surface area contributed by atoms with Gasteiger partial charge in [-0.15, -0.1) is 0 Å². The second-order valence-corrected chi connectivity index (χ2v) is 6.45. The third kappa shape index (κ3) is 3.96. The molecule has 0 fully saturated rings. The molecular weight excluding hydrogens is 344 g/mol. The van der Waals surface area contributed by atoms with Gasteiger partial charge in [0, 0.05) is 12.1 Å². The zero-order valence-corrected chi connectivity index (χ0v) is 14.5. The summed E-state index contributed by atoms with van der Waals surface area (Å²) in [6.45, 7) is 0. The first-order chi connectivity index (χ1) is 11.6. The van der Waals surface area contributed by atoms with E-state index in [1.807, 2.05) is 48.0 Å². The molecule has 0 spiro atoms. The number of hydrogen-bond donors (Lipinski definition) is 1. The Morgan fingerprint density at radius 3 is 2.79 bits per heavy atom. The molecule has 1 heterocycles. The van der Waals surface area contributed by atoms with E-state index in [1.165, 1.54) is 11.8 Å². The third-order valence-corrected chi connectivity index (χ3v) is 4.63. The number of thioether (sulfide) groups is 1. The molecule has 0 unspecified atom stereocenters. The number of amides is 1. The first-order valence-electron chi connectivity index (χ1n) is 7.25. The predicted octanol–water partition coefficient (Wildman–Crippen LogP) is 3.47. The van der Waals surface area contributed by atoms with Gasteiger partial charge in [-0.25, -0.2) is 10.4 Å². The molecule has 0 atom stereocenters. The van der Waals surface area contributed by atoms with E-state index in [0.717, 1.165) is 21.8 Å². The zero-order chi connectivity index (χ0) is 16.9. The number of para-hydroxylation sites is 2. The van der Waals surface area contributed by atoms with Crippen LogP contribution in [0.25, 0.3) is 11.0 Å². The second-order valence-electron chi connectivity index (χ2n) is 5.08. The zero-order valence-electron chi connectivity index (χ0n) is 12.9. The Morgan fingerprint density at radius 1 is 1.29 bits per heavy atom. The van der Waals surface area contributed by atoms with Crippen molar-refractivity contribution in [1.29, 1.82) is 0 Å². The average molecular weight is 359 g/mol. The minimum atomic E-state index is -0.183. The number of nitrogens with zero attached hydrogens (tertiary/aromatic N) is 3. The lowest BCUT2D eigenvalue weighted by atomic mass is 10.2. The molecule has 3 aromatic rings. The van der Waals surface area contributed by atoms with Crippen molar-refractivity contribution in [3.8, 4) is 0 Å². The Morgan fingerprint density at radius 2 is 2.04 bits per heavy atom. The van der Waals surface area contributed by atoms with Crippen LogP contribution in [0, 0.1) is 0 Å². The lowest BCUT2D eigenvalue weighted by Gasteiger charge is -2.01. The number of hydrazone groups is 1. The first-order valence-corrected chi connectivity index (χ1v) is 8.61. The molecule has 0 saturated carbocycles. The molecule has 1 aromatic heterocycles. The SMILES string of the molecule is Cn1c(SCC(=O)N/N=C\c2ccc(Cl)cc2)nc2ccccc21. The highest BCUT2D eigenvalue weighted by molar-refractivity contribution is 7.99. The van der Waals surface area contributed by atoms with Gasteiger partial charge in [0.1, 0.15) is 0 Å². The molecule has 0 aliphatic carbocycles. The summed E-state index contributed by atoms with van der Waals surface area (Å²) in [7, 11) is 1.94. The maximum atomic E-state index is 11.9. The van der Waals surface area contributed by atoms with Gasteiger partial charge in [-0.3, -0.25) is 4.79 Å². The van der Waals surface area contributed by atoms with E-state index in [9.17, 15) is 4.79 Å².